The van der Waals surface area contributed by atoms with Crippen molar-refractivity contribution < 1.29 is 0 Å². The second kappa shape index (κ2) is 7.77. The van der Waals surface area contributed by atoms with Crippen molar-refractivity contribution in [2.24, 2.45) is 11.8 Å². The smallest absolute Gasteiger partial charge is 0.0701 e. The number of rotatable bonds is 7. The number of nitrogens with zero attached hydrogens (tertiary/aromatic N) is 2. The van der Waals surface area contributed by atoms with Gasteiger partial charge in [-0.1, -0.05) is 26.7 Å². The molecule has 1 fully saturated rings. The van der Waals surface area contributed by atoms with Gasteiger partial charge in [0.25, 0.3) is 0 Å². The molecule has 0 radical (unpaired) electrons. The van der Waals surface area contributed by atoms with Gasteiger partial charge in [-0.05, 0) is 67.4 Å². The van der Waals surface area contributed by atoms with E-state index < -0.39 is 0 Å². The Morgan fingerprint density at radius 2 is 2.14 bits per heavy atom. The number of nitrogens with one attached hydrogen (secondary N) is 1. The summed E-state index contributed by atoms with van der Waals surface area (Å²) < 4.78 is 3.35. The van der Waals surface area contributed by atoms with E-state index in [0.717, 1.165) is 22.9 Å². The van der Waals surface area contributed by atoms with Crippen molar-refractivity contribution in [2.75, 3.05) is 6.54 Å². The molecule has 3 unspecified atom stereocenters. The molecule has 21 heavy (non-hydrogen) atoms. The third-order valence-electron chi connectivity index (χ3n) is 4.82. The van der Waals surface area contributed by atoms with Crippen molar-refractivity contribution in [3.8, 4) is 0 Å². The lowest BCUT2D eigenvalue weighted by molar-refractivity contribution is 0.326. The molecule has 2 rings (SSSR count). The van der Waals surface area contributed by atoms with Crippen molar-refractivity contribution >= 4 is 15.9 Å². The minimum atomic E-state index is 0.403. The Hall–Kier alpha value is -0.350. The summed E-state index contributed by atoms with van der Waals surface area (Å²) in [6.45, 7) is 10.1. The van der Waals surface area contributed by atoms with Crippen LogP contribution < -0.4 is 5.32 Å². The highest BCUT2D eigenvalue weighted by atomic mass is 79.9. The quantitative estimate of drug-likeness (QED) is 0.737. The van der Waals surface area contributed by atoms with Gasteiger partial charge in [0.1, 0.15) is 0 Å². The molecule has 0 bridgehead atoms. The van der Waals surface area contributed by atoms with E-state index in [9.17, 15) is 0 Å². The van der Waals surface area contributed by atoms with Crippen LogP contribution in [-0.2, 0) is 0 Å². The van der Waals surface area contributed by atoms with Gasteiger partial charge in [0.2, 0.25) is 0 Å². The van der Waals surface area contributed by atoms with Crippen LogP contribution in [-0.4, -0.2) is 16.3 Å². The molecule has 4 heteroatoms. The zero-order valence-electron chi connectivity index (χ0n) is 13.9. The molecule has 0 amide bonds. The molecule has 1 saturated carbocycles. The Kier molecular flexibility index (Phi) is 6.30. The molecular weight excluding hydrogens is 326 g/mol. The fourth-order valence-electron chi connectivity index (χ4n) is 3.63. The molecule has 0 saturated heterocycles. The van der Waals surface area contributed by atoms with Crippen LogP contribution in [0.5, 0.6) is 0 Å². The van der Waals surface area contributed by atoms with Crippen molar-refractivity contribution in [3.63, 3.8) is 0 Å². The molecule has 0 aromatic carbocycles. The lowest BCUT2D eigenvalue weighted by atomic mass is 9.93. The summed E-state index contributed by atoms with van der Waals surface area (Å²) in [6, 6.07) is 0.835. The summed E-state index contributed by atoms with van der Waals surface area (Å²) in [5.41, 5.74) is 1.35. The Bertz CT molecular complexity index is 441. The van der Waals surface area contributed by atoms with Crippen LogP contribution in [0.25, 0.3) is 0 Å². The van der Waals surface area contributed by atoms with E-state index in [2.05, 4.69) is 58.7 Å². The summed E-state index contributed by atoms with van der Waals surface area (Å²) in [4.78, 5) is 0. The first-order valence-electron chi connectivity index (χ1n) is 8.54. The van der Waals surface area contributed by atoms with Crippen molar-refractivity contribution in [2.45, 2.75) is 71.9 Å². The third-order valence-corrected chi connectivity index (χ3v) is 5.43. The summed E-state index contributed by atoms with van der Waals surface area (Å²) in [5.74, 6) is 1.65. The first kappa shape index (κ1) is 17.0. The predicted molar refractivity (Wildman–Crippen MR) is 92.5 cm³/mol. The van der Waals surface area contributed by atoms with Gasteiger partial charge >= 0.3 is 0 Å². The normalized spacial score (nSPS) is 23.9. The molecule has 1 aliphatic carbocycles. The van der Waals surface area contributed by atoms with Crippen molar-refractivity contribution in [1.29, 1.82) is 0 Å². The maximum absolute atomic E-state index is 4.58. The van der Waals surface area contributed by atoms with Crippen LogP contribution >= 0.6 is 15.9 Å². The van der Waals surface area contributed by atoms with Gasteiger partial charge in [0, 0.05) is 6.04 Å². The zero-order chi connectivity index (χ0) is 15.4. The molecule has 1 aliphatic rings. The largest absolute Gasteiger partial charge is 0.308 e. The molecule has 0 spiro atoms. The van der Waals surface area contributed by atoms with Crippen LogP contribution in [0.4, 0.5) is 0 Å². The fourth-order valence-corrected chi connectivity index (χ4v) is 4.15. The molecule has 1 N–H and O–H groups in total. The summed E-state index contributed by atoms with van der Waals surface area (Å²) in [6.07, 6.45) is 8.54. The summed E-state index contributed by atoms with van der Waals surface area (Å²) in [5, 5.41) is 8.39. The summed E-state index contributed by atoms with van der Waals surface area (Å²) in [7, 11) is 0. The van der Waals surface area contributed by atoms with Crippen LogP contribution in [0.1, 0.15) is 77.6 Å². The maximum Gasteiger partial charge on any atom is 0.0701 e. The molecule has 3 atom stereocenters. The molecule has 1 aromatic rings. The zero-order valence-corrected chi connectivity index (χ0v) is 15.5. The number of halogens is 1. The van der Waals surface area contributed by atoms with Gasteiger partial charge in [0.05, 0.1) is 22.4 Å². The average molecular weight is 356 g/mol. The van der Waals surface area contributed by atoms with Gasteiger partial charge in [-0.25, -0.2) is 0 Å². The first-order chi connectivity index (χ1) is 10.1. The second-order valence-electron chi connectivity index (χ2n) is 6.70. The molecular formula is C17H30BrN3. The maximum atomic E-state index is 4.58. The Morgan fingerprint density at radius 1 is 1.38 bits per heavy atom. The third kappa shape index (κ3) is 3.89. The van der Waals surface area contributed by atoms with Crippen LogP contribution in [0, 0.1) is 11.8 Å². The monoisotopic (exact) mass is 355 g/mol. The van der Waals surface area contributed by atoms with E-state index in [-0.39, 0.29) is 0 Å². The SMILES string of the molecule is CCCNC(c1c(Br)cnn1C(C)C)C1CCC(CC)C1. The van der Waals surface area contributed by atoms with Gasteiger partial charge in [-0.2, -0.15) is 5.10 Å². The Morgan fingerprint density at radius 3 is 2.71 bits per heavy atom. The van der Waals surface area contributed by atoms with E-state index in [1.807, 2.05) is 6.20 Å². The minimum Gasteiger partial charge on any atom is -0.308 e. The van der Waals surface area contributed by atoms with E-state index in [0.29, 0.717) is 12.1 Å². The molecule has 1 aromatic heterocycles. The molecule has 3 nitrogen and oxygen atoms in total. The lowest BCUT2D eigenvalue weighted by Crippen LogP contribution is -2.31. The van der Waals surface area contributed by atoms with E-state index in [1.54, 1.807) is 0 Å². The van der Waals surface area contributed by atoms with Crippen molar-refractivity contribution in [3.05, 3.63) is 16.4 Å². The first-order valence-corrected chi connectivity index (χ1v) is 9.34. The lowest BCUT2D eigenvalue weighted by Gasteiger charge is -2.27. The van der Waals surface area contributed by atoms with Crippen LogP contribution in [0.2, 0.25) is 0 Å². The second-order valence-corrected chi connectivity index (χ2v) is 7.55. The highest BCUT2D eigenvalue weighted by Crippen LogP contribution is 2.42. The standard InChI is InChI=1S/C17H30BrN3/c1-5-9-19-16(14-8-7-13(6-2)10-14)17-15(18)11-20-21(17)12(3)4/h11-14,16,19H,5-10H2,1-4H3. The van der Waals surface area contributed by atoms with Gasteiger partial charge in [-0.15, -0.1) is 0 Å². The Labute approximate surface area is 138 Å². The molecule has 1 heterocycles. The number of aromatic nitrogens is 2. The van der Waals surface area contributed by atoms with Gasteiger partial charge in [0.15, 0.2) is 0 Å². The highest BCUT2D eigenvalue weighted by molar-refractivity contribution is 9.10. The average Bonchev–Trinajstić information content (AvgIpc) is 3.07. The molecule has 120 valence electrons. The van der Waals surface area contributed by atoms with E-state index in [4.69, 9.17) is 0 Å². The van der Waals surface area contributed by atoms with E-state index in [1.165, 1.54) is 37.8 Å². The Balaban J connectivity index is 2.26. The number of hydrogen-bond acceptors (Lipinski definition) is 2. The fraction of sp³-hybridized carbons (Fsp3) is 0.824. The molecule has 0 aliphatic heterocycles. The highest BCUT2D eigenvalue weighted by Gasteiger charge is 2.33. The topological polar surface area (TPSA) is 29.9 Å². The van der Waals surface area contributed by atoms with Gasteiger partial charge < -0.3 is 5.32 Å². The van der Waals surface area contributed by atoms with Crippen molar-refractivity contribution in [1.82, 2.24) is 15.1 Å². The summed E-state index contributed by atoms with van der Waals surface area (Å²) >= 11 is 3.73. The van der Waals surface area contributed by atoms with E-state index >= 15 is 0 Å². The number of hydrogen-bond donors (Lipinski definition) is 1. The van der Waals surface area contributed by atoms with Crippen LogP contribution in [0.15, 0.2) is 10.7 Å². The van der Waals surface area contributed by atoms with Gasteiger partial charge in [-0.3, -0.25) is 4.68 Å². The van der Waals surface area contributed by atoms with Crippen LogP contribution in [0.3, 0.4) is 0 Å². The minimum absolute atomic E-state index is 0.403. The predicted octanol–water partition coefficient (Wildman–Crippen LogP) is 5.09.